The van der Waals surface area contributed by atoms with Crippen molar-refractivity contribution in [3.05, 3.63) is 72.2 Å². The Hall–Kier alpha value is -2.35. The largest absolute Gasteiger partial charge is 0.351 e. The van der Waals surface area contributed by atoms with Crippen LogP contribution in [0.15, 0.2) is 61.1 Å². The standard InChI is InChI=1S/C17H17N2/c1-18-10-7-14(8-11-18)13-15-9-12-19(2)17-6-4-3-5-16(15)17/h3-13H,1-2H3/q+1. The Balaban J connectivity index is 2.06. The molecule has 0 N–H and O–H groups in total. The zero-order chi connectivity index (χ0) is 13.2. The second kappa shape index (κ2) is 4.73. The highest BCUT2D eigenvalue weighted by Gasteiger charge is 2.12. The van der Waals surface area contributed by atoms with Gasteiger partial charge >= 0.3 is 0 Å². The molecule has 0 fully saturated rings. The molecule has 3 rings (SSSR count). The molecule has 94 valence electrons. The number of pyridine rings is 1. The van der Waals surface area contributed by atoms with Gasteiger partial charge in [-0.05, 0) is 29.4 Å². The first-order valence-electron chi connectivity index (χ1n) is 6.41. The van der Waals surface area contributed by atoms with Crippen LogP contribution in [-0.2, 0) is 7.05 Å². The van der Waals surface area contributed by atoms with E-state index < -0.39 is 0 Å². The first-order valence-corrected chi connectivity index (χ1v) is 6.41. The fourth-order valence-electron chi connectivity index (χ4n) is 2.30. The van der Waals surface area contributed by atoms with Crippen LogP contribution in [-0.4, -0.2) is 7.05 Å². The Morgan fingerprint density at radius 2 is 1.79 bits per heavy atom. The van der Waals surface area contributed by atoms with E-state index in [1.54, 1.807) is 0 Å². The molecule has 1 aliphatic heterocycles. The summed E-state index contributed by atoms with van der Waals surface area (Å²) in [6, 6.07) is 12.7. The van der Waals surface area contributed by atoms with Gasteiger partial charge in [0.05, 0.1) is 0 Å². The molecule has 0 unspecified atom stereocenters. The summed E-state index contributed by atoms with van der Waals surface area (Å²) < 4.78 is 2.04. The lowest BCUT2D eigenvalue weighted by molar-refractivity contribution is -0.671. The van der Waals surface area contributed by atoms with Crippen LogP contribution in [0.1, 0.15) is 11.1 Å². The highest BCUT2D eigenvalue weighted by Crippen LogP contribution is 2.32. The van der Waals surface area contributed by atoms with Crippen molar-refractivity contribution < 1.29 is 4.57 Å². The highest BCUT2D eigenvalue weighted by atomic mass is 15.1. The number of hydrogen-bond acceptors (Lipinski definition) is 1. The fourth-order valence-corrected chi connectivity index (χ4v) is 2.30. The van der Waals surface area contributed by atoms with E-state index in [9.17, 15) is 0 Å². The number of anilines is 1. The van der Waals surface area contributed by atoms with E-state index in [-0.39, 0.29) is 0 Å². The average Bonchev–Trinajstić information content (AvgIpc) is 2.45. The van der Waals surface area contributed by atoms with Crippen molar-refractivity contribution in [2.24, 2.45) is 7.05 Å². The smallest absolute Gasteiger partial charge is 0.169 e. The van der Waals surface area contributed by atoms with E-state index in [0.29, 0.717) is 0 Å². The summed E-state index contributed by atoms with van der Waals surface area (Å²) >= 11 is 0. The Morgan fingerprint density at radius 3 is 2.58 bits per heavy atom. The van der Waals surface area contributed by atoms with Crippen LogP contribution < -0.4 is 9.47 Å². The number of aromatic nitrogens is 1. The average molecular weight is 249 g/mol. The number of hydrogen-bond donors (Lipinski definition) is 0. The molecule has 2 heteroatoms. The lowest BCUT2D eigenvalue weighted by Gasteiger charge is -2.23. The van der Waals surface area contributed by atoms with Crippen molar-refractivity contribution in [3.8, 4) is 0 Å². The van der Waals surface area contributed by atoms with Crippen molar-refractivity contribution in [3.63, 3.8) is 0 Å². The summed E-state index contributed by atoms with van der Waals surface area (Å²) in [4.78, 5) is 2.15. The van der Waals surface area contributed by atoms with E-state index in [2.05, 4.69) is 79.1 Å². The van der Waals surface area contributed by atoms with Crippen LogP contribution in [0.2, 0.25) is 0 Å². The van der Waals surface area contributed by atoms with Gasteiger partial charge in [-0.25, -0.2) is 4.57 Å². The molecule has 2 heterocycles. The Labute approximate surface area is 113 Å². The summed E-state index contributed by atoms with van der Waals surface area (Å²) in [5, 5.41) is 0. The van der Waals surface area contributed by atoms with Gasteiger partial charge < -0.3 is 4.90 Å². The summed E-state index contributed by atoms with van der Waals surface area (Å²) in [6.07, 6.45) is 10.6. The van der Waals surface area contributed by atoms with E-state index >= 15 is 0 Å². The van der Waals surface area contributed by atoms with Gasteiger partial charge in [0.25, 0.3) is 0 Å². The van der Waals surface area contributed by atoms with Crippen LogP contribution in [0.3, 0.4) is 0 Å². The normalized spacial score (nSPS) is 15.7. The van der Waals surface area contributed by atoms with Gasteiger partial charge in [-0.15, -0.1) is 0 Å². The molecule has 19 heavy (non-hydrogen) atoms. The number of aryl methyl sites for hydroxylation is 1. The van der Waals surface area contributed by atoms with Crippen LogP contribution in [0.4, 0.5) is 5.69 Å². The SMILES string of the molecule is CN1C=C/C(=C/c2cc[n+](C)cc2)c2ccccc21. The highest BCUT2D eigenvalue weighted by molar-refractivity contribution is 5.94. The molecule has 2 nitrogen and oxygen atoms in total. The number of benzene rings is 1. The molecule has 0 saturated heterocycles. The maximum Gasteiger partial charge on any atom is 0.169 e. The third kappa shape index (κ3) is 2.29. The molecule has 0 radical (unpaired) electrons. The summed E-state index contributed by atoms with van der Waals surface area (Å²) in [5.74, 6) is 0. The molecule has 1 aromatic carbocycles. The number of rotatable bonds is 1. The molecule has 0 aliphatic carbocycles. The van der Waals surface area contributed by atoms with Crippen LogP contribution in [0, 0.1) is 0 Å². The predicted molar refractivity (Wildman–Crippen MR) is 79.5 cm³/mol. The van der Waals surface area contributed by atoms with E-state index in [1.165, 1.54) is 22.4 Å². The minimum atomic E-state index is 1.22. The molecule has 0 atom stereocenters. The van der Waals surface area contributed by atoms with Gasteiger partial charge in [0, 0.05) is 36.6 Å². The topological polar surface area (TPSA) is 7.12 Å². The molecule has 1 aromatic heterocycles. The quantitative estimate of drug-likeness (QED) is 0.705. The van der Waals surface area contributed by atoms with Crippen molar-refractivity contribution in [2.45, 2.75) is 0 Å². The van der Waals surface area contributed by atoms with Crippen molar-refractivity contribution in [2.75, 3.05) is 11.9 Å². The summed E-state index contributed by atoms with van der Waals surface area (Å²) in [7, 11) is 4.11. The summed E-state index contributed by atoms with van der Waals surface area (Å²) in [6.45, 7) is 0. The number of para-hydroxylation sites is 1. The lowest BCUT2D eigenvalue weighted by Crippen LogP contribution is -2.25. The lowest BCUT2D eigenvalue weighted by atomic mass is 9.98. The van der Waals surface area contributed by atoms with E-state index in [0.717, 1.165) is 0 Å². The molecule has 0 saturated carbocycles. The molecular formula is C17H17N2+. The molecule has 2 aromatic rings. The van der Waals surface area contributed by atoms with Crippen molar-refractivity contribution in [1.29, 1.82) is 0 Å². The number of allylic oxidation sites excluding steroid dienone is 2. The van der Waals surface area contributed by atoms with Gasteiger partial charge in [-0.3, -0.25) is 0 Å². The third-order valence-electron chi connectivity index (χ3n) is 3.40. The Morgan fingerprint density at radius 1 is 1.05 bits per heavy atom. The fraction of sp³-hybridized carbons (Fsp3) is 0.118. The molecule has 0 amide bonds. The maximum atomic E-state index is 2.22. The van der Waals surface area contributed by atoms with Gasteiger partial charge in [-0.1, -0.05) is 18.2 Å². The first kappa shape index (κ1) is 11.7. The Bertz CT molecular complexity index is 651. The van der Waals surface area contributed by atoms with Gasteiger partial charge in [0.2, 0.25) is 0 Å². The maximum absolute atomic E-state index is 2.22. The first-order chi connectivity index (χ1) is 9.24. The van der Waals surface area contributed by atoms with E-state index in [1.807, 2.05) is 11.6 Å². The minimum absolute atomic E-state index is 1.22. The van der Waals surface area contributed by atoms with Gasteiger partial charge in [0.15, 0.2) is 12.4 Å². The van der Waals surface area contributed by atoms with Gasteiger partial charge in [-0.2, -0.15) is 0 Å². The van der Waals surface area contributed by atoms with Gasteiger partial charge in [0.1, 0.15) is 7.05 Å². The number of fused-ring (bicyclic) bond motifs is 1. The third-order valence-corrected chi connectivity index (χ3v) is 3.40. The number of nitrogens with zero attached hydrogens (tertiary/aromatic N) is 2. The van der Waals surface area contributed by atoms with Crippen LogP contribution in [0.5, 0.6) is 0 Å². The molecule has 1 aliphatic rings. The van der Waals surface area contributed by atoms with Crippen molar-refractivity contribution >= 4 is 17.3 Å². The molecular weight excluding hydrogens is 232 g/mol. The zero-order valence-corrected chi connectivity index (χ0v) is 11.2. The molecule has 0 bridgehead atoms. The minimum Gasteiger partial charge on any atom is -0.351 e. The second-order valence-electron chi connectivity index (χ2n) is 4.84. The van der Waals surface area contributed by atoms with E-state index in [4.69, 9.17) is 0 Å². The zero-order valence-electron chi connectivity index (χ0n) is 11.2. The van der Waals surface area contributed by atoms with Crippen LogP contribution in [0.25, 0.3) is 11.6 Å². The van der Waals surface area contributed by atoms with Crippen molar-refractivity contribution in [1.82, 2.24) is 0 Å². The molecule has 0 spiro atoms. The second-order valence-corrected chi connectivity index (χ2v) is 4.84. The predicted octanol–water partition coefficient (Wildman–Crippen LogP) is 3.02. The Kier molecular flexibility index (Phi) is 2.92. The van der Waals surface area contributed by atoms with Crippen LogP contribution >= 0.6 is 0 Å². The summed E-state index contributed by atoms with van der Waals surface area (Å²) in [5.41, 5.74) is 5.00. The monoisotopic (exact) mass is 249 g/mol.